The first-order valence-corrected chi connectivity index (χ1v) is 6.14. The second-order valence-electron chi connectivity index (χ2n) is 4.41. The zero-order chi connectivity index (χ0) is 14.5. The Hall–Kier alpha value is -2.47. The van der Waals surface area contributed by atoms with Gasteiger partial charge in [-0.05, 0) is 24.1 Å². The number of hydrogen-bond acceptors (Lipinski definition) is 5. The quantitative estimate of drug-likeness (QED) is 0.645. The first kappa shape index (κ1) is 14.0. The molecule has 2 aromatic rings. The lowest BCUT2D eigenvalue weighted by molar-refractivity contribution is -0.384. The van der Waals surface area contributed by atoms with Gasteiger partial charge in [0.2, 0.25) is 5.82 Å². The van der Waals surface area contributed by atoms with Gasteiger partial charge in [-0.25, -0.2) is 4.98 Å². The fourth-order valence-electron chi connectivity index (χ4n) is 1.85. The summed E-state index contributed by atoms with van der Waals surface area (Å²) in [6, 6.07) is 10.4. The van der Waals surface area contributed by atoms with Crippen LogP contribution >= 0.6 is 0 Å². The van der Waals surface area contributed by atoms with Crippen molar-refractivity contribution in [1.82, 2.24) is 4.98 Å². The van der Waals surface area contributed by atoms with Gasteiger partial charge in [-0.15, -0.1) is 0 Å². The molecule has 0 radical (unpaired) electrons. The van der Waals surface area contributed by atoms with E-state index in [0.717, 1.165) is 11.1 Å². The second kappa shape index (κ2) is 6.12. The Kier molecular flexibility index (Phi) is 4.27. The van der Waals surface area contributed by atoms with Crippen LogP contribution < -0.4 is 5.32 Å². The van der Waals surface area contributed by atoms with E-state index in [1.807, 2.05) is 24.3 Å². The van der Waals surface area contributed by atoms with E-state index in [9.17, 15) is 10.1 Å². The topological polar surface area (TPSA) is 88.3 Å². The Bertz CT molecular complexity index is 629. The Morgan fingerprint density at radius 3 is 2.75 bits per heavy atom. The summed E-state index contributed by atoms with van der Waals surface area (Å²) in [5, 5.41) is 23.0. The lowest BCUT2D eigenvalue weighted by Gasteiger charge is -2.08. The zero-order valence-electron chi connectivity index (χ0n) is 11.0. The zero-order valence-corrected chi connectivity index (χ0v) is 11.0. The van der Waals surface area contributed by atoms with E-state index in [1.54, 1.807) is 13.0 Å². The van der Waals surface area contributed by atoms with Crippen molar-refractivity contribution in [2.75, 3.05) is 5.32 Å². The normalized spacial score (nSPS) is 10.3. The van der Waals surface area contributed by atoms with Crippen LogP contribution in [0.15, 0.2) is 36.4 Å². The predicted octanol–water partition coefficient (Wildman–Crippen LogP) is 2.40. The van der Waals surface area contributed by atoms with Gasteiger partial charge in [0.25, 0.3) is 0 Å². The van der Waals surface area contributed by atoms with Gasteiger partial charge in [-0.3, -0.25) is 10.1 Å². The van der Waals surface area contributed by atoms with Crippen LogP contribution in [0.25, 0.3) is 0 Å². The summed E-state index contributed by atoms with van der Waals surface area (Å²) in [5.41, 5.74) is 2.39. The molecule has 20 heavy (non-hydrogen) atoms. The Balaban J connectivity index is 2.17. The molecule has 0 atom stereocenters. The van der Waals surface area contributed by atoms with Crippen LogP contribution in [0.5, 0.6) is 0 Å². The minimum absolute atomic E-state index is 0.0311. The average Bonchev–Trinajstić information content (AvgIpc) is 2.45. The molecule has 0 saturated heterocycles. The van der Waals surface area contributed by atoms with Crippen molar-refractivity contribution in [2.24, 2.45) is 0 Å². The summed E-state index contributed by atoms with van der Waals surface area (Å²) in [4.78, 5) is 14.6. The van der Waals surface area contributed by atoms with Crippen LogP contribution in [0.1, 0.15) is 16.8 Å². The Morgan fingerprint density at radius 2 is 2.05 bits per heavy atom. The van der Waals surface area contributed by atoms with E-state index in [0.29, 0.717) is 12.2 Å². The summed E-state index contributed by atoms with van der Waals surface area (Å²) in [5.74, 6) is 0.254. The molecule has 0 bridgehead atoms. The number of nitrogens with one attached hydrogen (secondary N) is 1. The fourth-order valence-corrected chi connectivity index (χ4v) is 1.85. The lowest BCUT2D eigenvalue weighted by Crippen LogP contribution is -2.05. The molecule has 0 saturated carbocycles. The van der Waals surface area contributed by atoms with Crippen LogP contribution in [0, 0.1) is 17.0 Å². The van der Waals surface area contributed by atoms with Gasteiger partial charge >= 0.3 is 5.69 Å². The molecule has 0 fully saturated rings. The smallest absolute Gasteiger partial charge is 0.311 e. The van der Waals surface area contributed by atoms with Crippen LogP contribution in [-0.4, -0.2) is 15.0 Å². The Morgan fingerprint density at radius 1 is 1.30 bits per heavy atom. The minimum atomic E-state index is -0.459. The molecule has 2 N–H and O–H groups in total. The number of aliphatic hydroxyl groups excluding tert-OH is 1. The molecule has 0 aliphatic rings. The van der Waals surface area contributed by atoms with E-state index in [4.69, 9.17) is 5.11 Å². The van der Waals surface area contributed by atoms with Crippen LogP contribution in [-0.2, 0) is 13.2 Å². The summed E-state index contributed by atoms with van der Waals surface area (Å²) in [6.45, 7) is 2.16. The molecule has 1 heterocycles. The van der Waals surface area contributed by atoms with E-state index < -0.39 is 4.92 Å². The average molecular weight is 273 g/mol. The van der Waals surface area contributed by atoms with Crippen molar-refractivity contribution < 1.29 is 10.0 Å². The number of nitro groups is 1. The summed E-state index contributed by atoms with van der Waals surface area (Å²) < 4.78 is 0. The molecule has 0 unspecified atom stereocenters. The van der Waals surface area contributed by atoms with Crippen molar-refractivity contribution in [3.05, 3.63) is 63.3 Å². The Labute approximate surface area is 116 Å². The highest BCUT2D eigenvalue weighted by molar-refractivity contribution is 5.56. The molecule has 2 rings (SSSR count). The number of hydrogen-bond donors (Lipinski definition) is 2. The fraction of sp³-hybridized carbons (Fsp3) is 0.214. The molecule has 1 aromatic heterocycles. The molecule has 0 amide bonds. The van der Waals surface area contributed by atoms with Gasteiger partial charge in [-0.1, -0.05) is 24.3 Å². The molecular formula is C14H15N3O3. The SMILES string of the molecule is Cc1ccc([N+](=O)[O-])c(NCc2cccc(CO)c2)n1. The van der Waals surface area contributed by atoms with Gasteiger partial charge in [0.1, 0.15) is 0 Å². The lowest BCUT2D eigenvalue weighted by atomic mass is 10.1. The molecule has 0 aliphatic heterocycles. The number of pyridine rings is 1. The van der Waals surface area contributed by atoms with Crippen LogP contribution in [0.2, 0.25) is 0 Å². The number of aryl methyl sites for hydroxylation is 1. The number of anilines is 1. The molecule has 0 aliphatic carbocycles. The molecule has 6 nitrogen and oxygen atoms in total. The number of aromatic nitrogens is 1. The second-order valence-corrected chi connectivity index (χ2v) is 4.41. The molecule has 0 spiro atoms. The minimum Gasteiger partial charge on any atom is -0.392 e. The summed E-state index contributed by atoms with van der Waals surface area (Å²) in [6.07, 6.45) is 0. The predicted molar refractivity (Wildman–Crippen MR) is 75.3 cm³/mol. The molecule has 6 heteroatoms. The number of nitrogens with zero attached hydrogens (tertiary/aromatic N) is 2. The maximum absolute atomic E-state index is 10.9. The van der Waals surface area contributed by atoms with Crippen molar-refractivity contribution in [3.63, 3.8) is 0 Å². The van der Waals surface area contributed by atoms with Gasteiger partial charge in [0, 0.05) is 18.3 Å². The highest BCUT2D eigenvalue weighted by Gasteiger charge is 2.14. The molecule has 104 valence electrons. The van der Waals surface area contributed by atoms with Crippen molar-refractivity contribution >= 4 is 11.5 Å². The van der Waals surface area contributed by atoms with Crippen molar-refractivity contribution in [3.8, 4) is 0 Å². The maximum atomic E-state index is 10.9. The first-order chi connectivity index (χ1) is 9.60. The number of rotatable bonds is 5. The third-order valence-corrected chi connectivity index (χ3v) is 2.84. The standard InChI is InChI=1S/C14H15N3O3/c1-10-5-6-13(17(19)20)14(16-10)15-8-11-3-2-4-12(7-11)9-18/h2-7,18H,8-9H2,1H3,(H,15,16). The molecule has 1 aromatic carbocycles. The van der Waals surface area contributed by atoms with Gasteiger partial charge < -0.3 is 10.4 Å². The van der Waals surface area contributed by atoms with Crippen molar-refractivity contribution in [2.45, 2.75) is 20.1 Å². The van der Waals surface area contributed by atoms with E-state index in [2.05, 4.69) is 10.3 Å². The summed E-state index contributed by atoms with van der Waals surface area (Å²) >= 11 is 0. The van der Waals surface area contributed by atoms with Gasteiger partial charge in [0.15, 0.2) is 0 Å². The number of benzene rings is 1. The largest absolute Gasteiger partial charge is 0.392 e. The highest BCUT2D eigenvalue weighted by atomic mass is 16.6. The van der Waals surface area contributed by atoms with E-state index in [1.165, 1.54) is 6.07 Å². The van der Waals surface area contributed by atoms with Crippen LogP contribution in [0.3, 0.4) is 0 Å². The van der Waals surface area contributed by atoms with Gasteiger partial charge in [0.05, 0.1) is 11.5 Å². The highest BCUT2D eigenvalue weighted by Crippen LogP contribution is 2.22. The van der Waals surface area contributed by atoms with E-state index >= 15 is 0 Å². The number of aliphatic hydroxyl groups is 1. The molecular weight excluding hydrogens is 258 g/mol. The monoisotopic (exact) mass is 273 g/mol. The third-order valence-electron chi connectivity index (χ3n) is 2.84. The summed E-state index contributed by atoms with van der Waals surface area (Å²) in [7, 11) is 0. The van der Waals surface area contributed by atoms with Crippen LogP contribution in [0.4, 0.5) is 11.5 Å². The van der Waals surface area contributed by atoms with Crippen molar-refractivity contribution in [1.29, 1.82) is 0 Å². The third kappa shape index (κ3) is 3.30. The van der Waals surface area contributed by atoms with Gasteiger partial charge in [-0.2, -0.15) is 0 Å². The van der Waals surface area contributed by atoms with E-state index in [-0.39, 0.29) is 18.1 Å². The first-order valence-electron chi connectivity index (χ1n) is 6.14. The maximum Gasteiger partial charge on any atom is 0.311 e.